The molecule has 0 bridgehead atoms. The highest BCUT2D eigenvalue weighted by atomic mass is 16.5. The van der Waals surface area contributed by atoms with Crippen molar-refractivity contribution < 1.29 is 4.74 Å². The highest BCUT2D eigenvalue weighted by Crippen LogP contribution is 2.24. The summed E-state index contributed by atoms with van der Waals surface area (Å²) >= 11 is 0. The predicted octanol–water partition coefficient (Wildman–Crippen LogP) is 5.65. The first-order valence-electron chi connectivity index (χ1n) is 9.35. The van der Waals surface area contributed by atoms with Gasteiger partial charge in [-0.05, 0) is 85.5 Å². The monoisotopic (exact) mass is 373 g/mol. The van der Waals surface area contributed by atoms with E-state index in [0.29, 0.717) is 6.54 Å². The molecule has 3 N–H and O–H groups in total. The van der Waals surface area contributed by atoms with Crippen molar-refractivity contribution in [3.05, 3.63) is 82.9 Å². The van der Waals surface area contributed by atoms with Crippen LogP contribution in [0.3, 0.4) is 0 Å². The average Bonchev–Trinajstić information content (AvgIpc) is 2.69. The van der Waals surface area contributed by atoms with Crippen LogP contribution in [0.4, 0.5) is 17.1 Å². The minimum atomic E-state index is 0.692. The number of hydrogen-bond acceptors (Lipinski definition) is 4. The molecule has 144 valence electrons. The maximum absolute atomic E-state index is 6.10. The molecular formula is C24H27N3O. The molecule has 0 saturated carbocycles. The summed E-state index contributed by atoms with van der Waals surface area (Å²) in [5.74, 6) is 0.844. The lowest BCUT2D eigenvalue weighted by atomic mass is 10.1. The Morgan fingerprint density at radius 3 is 2.43 bits per heavy atom. The highest BCUT2D eigenvalue weighted by Gasteiger charge is 2.04. The third-order valence-electron chi connectivity index (χ3n) is 4.76. The van der Waals surface area contributed by atoms with Crippen molar-refractivity contribution in [2.75, 3.05) is 18.2 Å². The Labute approximate surface area is 167 Å². The van der Waals surface area contributed by atoms with Crippen molar-refractivity contribution in [1.29, 1.82) is 0 Å². The fraction of sp³-hybridized carbons (Fsp3) is 0.208. The normalized spacial score (nSPS) is 11.4. The van der Waals surface area contributed by atoms with E-state index in [9.17, 15) is 0 Å². The summed E-state index contributed by atoms with van der Waals surface area (Å²) in [4.78, 5) is 4.85. The van der Waals surface area contributed by atoms with Crippen molar-refractivity contribution in [1.82, 2.24) is 0 Å². The van der Waals surface area contributed by atoms with Gasteiger partial charge in [-0.15, -0.1) is 0 Å². The Balaban J connectivity index is 1.78. The van der Waals surface area contributed by atoms with Crippen molar-refractivity contribution in [3.63, 3.8) is 0 Å². The van der Waals surface area contributed by atoms with Gasteiger partial charge in [-0.1, -0.05) is 18.2 Å². The van der Waals surface area contributed by atoms with Gasteiger partial charge in [0.1, 0.15) is 5.75 Å². The van der Waals surface area contributed by atoms with Gasteiger partial charge >= 0.3 is 0 Å². The SMILES string of the molecule is COc1ccc(C(C)=Nc2cc(CNc3ccc(C)cc3N)ccc2C)cc1. The summed E-state index contributed by atoms with van der Waals surface area (Å²) in [6.45, 7) is 6.83. The van der Waals surface area contributed by atoms with Gasteiger partial charge in [-0.2, -0.15) is 0 Å². The van der Waals surface area contributed by atoms with E-state index in [0.717, 1.165) is 50.8 Å². The second kappa shape index (κ2) is 8.61. The highest BCUT2D eigenvalue weighted by molar-refractivity contribution is 6.00. The van der Waals surface area contributed by atoms with Crippen LogP contribution in [0, 0.1) is 13.8 Å². The van der Waals surface area contributed by atoms with Crippen LogP contribution in [-0.2, 0) is 6.54 Å². The van der Waals surface area contributed by atoms with E-state index in [1.807, 2.05) is 50.2 Å². The number of aliphatic imine (C=N–C) groups is 1. The van der Waals surface area contributed by atoms with Gasteiger partial charge in [0.25, 0.3) is 0 Å². The Kier molecular flexibility index (Phi) is 5.99. The summed E-state index contributed by atoms with van der Waals surface area (Å²) in [7, 11) is 1.67. The first-order chi connectivity index (χ1) is 13.5. The molecule has 3 aromatic carbocycles. The number of ether oxygens (including phenoxy) is 1. The smallest absolute Gasteiger partial charge is 0.118 e. The van der Waals surface area contributed by atoms with E-state index in [1.165, 1.54) is 0 Å². The largest absolute Gasteiger partial charge is 0.497 e. The van der Waals surface area contributed by atoms with Gasteiger partial charge in [0.05, 0.1) is 24.2 Å². The van der Waals surface area contributed by atoms with Gasteiger partial charge < -0.3 is 15.8 Å². The molecule has 0 aromatic heterocycles. The minimum Gasteiger partial charge on any atom is -0.497 e. The van der Waals surface area contributed by atoms with Gasteiger partial charge in [0.15, 0.2) is 0 Å². The second-order valence-corrected chi connectivity index (χ2v) is 6.99. The molecule has 0 amide bonds. The quantitative estimate of drug-likeness (QED) is 0.434. The van der Waals surface area contributed by atoms with Gasteiger partial charge in [-0.25, -0.2) is 0 Å². The number of nitrogens with two attached hydrogens (primary N) is 1. The number of anilines is 2. The molecule has 0 saturated heterocycles. The fourth-order valence-corrected chi connectivity index (χ4v) is 3.00. The van der Waals surface area contributed by atoms with Gasteiger partial charge in [0.2, 0.25) is 0 Å². The molecule has 0 heterocycles. The molecule has 0 aliphatic rings. The average molecular weight is 374 g/mol. The van der Waals surface area contributed by atoms with E-state index in [-0.39, 0.29) is 0 Å². The number of rotatable bonds is 6. The van der Waals surface area contributed by atoms with E-state index in [1.54, 1.807) is 7.11 Å². The zero-order chi connectivity index (χ0) is 20.1. The van der Waals surface area contributed by atoms with Crippen LogP contribution < -0.4 is 15.8 Å². The summed E-state index contributed by atoms with van der Waals surface area (Å²) in [6.07, 6.45) is 0. The van der Waals surface area contributed by atoms with Gasteiger partial charge in [-0.3, -0.25) is 4.99 Å². The number of nitrogens with one attached hydrogen (secondary N) is 1. The lowest BCUT2D eigenvalue weighted by Crippen LogP contribution is -2.03. The maximum Gasteiger partial charge on any atom is 0.118 e. The number of benzene rings is 3. The molecule has 0 radical (unpaired) electrons. The zero-order valence-electron chi connectivity index (χ0n) is 16.9. The van der Waals surface area contributed by atoms with Crippen molar-refractivity contribution >= 4 is 22.8 Å². The molecule has 3 aromatic rings. The molecule has 28 heavy (non-hydrogen) atoms. The van der Waals surface area contributed by atoms with E-state index < -0.39 is 0 Å². The number of methoxy groups -OCH3 is 1. The lowest BCUT2D eigenvalue weighted by Gasteiger charge is -2.12. The lowest BCUT2D eigenvalue weighted by molar-refractivity contribution is 0.415. The second-order valence-electron chi connectivity index (χ2n) is 6.99. The van der Waals surface area contributed by atoms with Crippen molar-refractivity contribution in [2.24, 2.45) is 4.99 Å². The zero-order valence-corrected chi connectivity index (χ0v) is 16.9. The van der Waals surface area contributed by atoms with Crippen molar-refractivity contribution in [3.8, 4) is 5.75 Å². The fourth-order valence-electron chi connectivity index (χ4n) is 3.00. The minimum absolute atomic E-state index is 0.692. The number of nitrogens with zero attached hydrogens (tertiary/aromatic N) is 1. The van der Waals surface area contributed by atoms with Crippen LogP contribution in [-0.4, -0.2) is 12.8 Å². The molecule has 4 nitrogen and oxygen atoms in total. The van der Waals surface area contributed by atoms with E-state index in [2.05, 4.69) is 36.5 Å². The number of hydrogen-bond donors (Lipinski definition) is 2. The maximum atomic E-state index is 6.10. The van der Waals surface area contributed by atoms with Crippen LogP contribution >= 0.6 is 0 Å². The molecule has 0 atom stereocenters. The van der Waals surface area contributed by atoms with Crippen LogP contribution in [0.2, 0.25) is 0 Å². The summed E-state index contributed by atoms with van der Waals surface area (Å²) in [6, 6.07) is 20.4. The third kappa shape index (κ3) is 4.71. The Morgan fingerprint density at radius 1 is 1.00 bits per heavy atom. The van der Waals surface area contributed by atoms with Crippen LogP contribution in [0.15, 0.2) is 65.7 Å². The first-order valence-corrected chi connectivity index (χ1v) is 9.35. The molecule has 0 unspecified atom stereocenters. The van der Waals surface area contributed by atoms with Crippen LogP contribution in [0.1, 0.15) is 29.2 Å². The standard InChI is InChI=1S/C24H27N3O/c1-16-5-12-23(22(25)13-16)26-15-19-7-6-17(2)24(14-19)27-18(3)20-8-10-21(28-4)11-9-20/h5-14,26H,15,25H2,1-4H3. The van der Waals surface area contributed by atoms with Crippen molar-refractivity contribution in [2.45, 2.75) is 27.3 Å². The summed E-state index contributed by atoms with van der Waals surface area (Å²) in [5.41, 5.74) is 14.3. The number of nitrogen functional groups attached to an aromatic ring is 1. The van der Waals surface area contributed by atoms with E-state index in [4.69, 9.17) is 15.5 Å². The summed E-state index contributed by atoms with van der Waals surface area (Å²) in [5, 5.41) is 3.41. The Hall–Kier alpha value is -3.27. The molecule has 4 heteroatoms. The van der Waals surface area contributed by atoms with Crippen LogP contribution in [0.25, 0.3) is 0 Å². The van der Waals surface area contributed by atoms with Gasteiger partial charge in [0, 0.05) is 12.3 Å². The molecular weight excluding hydrogens is 346 g/mol. The topological polar surface area (TPSA) is 59.6 Å². The van der Waals surface area contributed by atoms with E-state index >= 15 is 0 Å². The molecule has 0 spiro atoms. The molecule has 0 aliphatic heterocycles. The number of aryl methyl sites for hydroxylation is 2. The molecule has 0 aliphatic carbocycles. The summed E-state index contributed by atoms with van der Waals surface area (Å²) < 4.78 is 5.22. The molecule has 0 fully saturated rings. The molecule has 3 rings (SSSR count). The third-order valence-corrected chi connectivity index (χ3v) is 4.76. The Bertz CT molecular complexity index is 991. The first kappa shape index (κ1) is 19.5. The predicted molar refractivity (Wildman–Crippen MR) is 119 cm³/mol. The van der Waals surface area contributed by atoms with Crippen LogP contribution in [0.5, 0.6) is 5.75 Å². The Morgan fingerprint density at radius 2 is 1.75 bits per heavy atom.